The SMILES string of the molecule is C[C@H](N[S+]([O-])C(C)(C)C)c1ccc(Oc2ccc3c(cnn3C)c2)c(F)c1. The van der Waals surface area contributed by atoms with E-state index in [0.717, 1.165) is 10.9 Å². The molecular formula is C20H24FN3O2S. The van der Waals surface area contributed by atoms with E-state index in [1.807, 2.05) is 46.9 Å². The molecule has 0 spiro atoms. The quantitative estimate of drug-likeness (QED) is 0.647. The first kappa shape index (κ1) is 19.7. The summed E-state index contributed by atoms with van der Waals surface area (Å²) < 4.78 is 36.9. The van der Waals surface area contributed by atoms with Gasteiger partial charge in [0.25, 0.3) is 0 Å². The highest BCUT2D eigenvalue weighted by Crippen LogP contribution is 2.29. The van der Waals surface area contributed by atoms with Crippen LogP contribution in [0.2, 0.25) is 0 Å². The van der Waals surface area contributed by atoms with E-state index in [2.05, 4.69) is 9.82 Å². The van der Waals surface area contributed by atoms with Gasteiger partial charge in [0.15, 0.2) is 11.6 Å². The molecule has 0 fully saturated rings. The lowest BCUT2D eigenvalue weighted by atomic mass is 10.1. The monoisotopic (exact) mass is 389 g/mol. The molecule has 144 valence electrons. The molecule has 1 aromatic heterocycles. The number of hydrogen-bond acceptors (Lipinski definition) is 4. The highest BCUT2D eigenvalue weighted by atomic mass is 32.2. The highest BCUT2D eigenvalue weighted by molar-refractivity contribution is 7.90. The number of fused-ring (bicyclic) bond motifs is 1. The second kappa shape index (κ2) is 7.50. The number of benzene rings is 2. The van der Waals surface area contributed by atoms with E-state index in [0.29, 0.717) is 11.3 Å². The normalized spacial score (nSPS) is 14.3. The molecule has 0 saturated heterocycles. The topological polar surface area (TPSA) is 62.1 Å². The minimum Gasteiger partial charge on any atom is -0.598 e. The average molecular weight is 389 g/mol. The zero-order valence-corrected chi connectivity index (χ0v) is 16.9. The van der Waals surface area contributed by atoms with Crippen LogP contribution in [-0.4, -0.2) is 19.1 Å². The molecule has 2 aromatic carbocycles. The van der Waals surface area contributed by atoms with E-state index in [1.54, 1.807) is 29.1 Å². The zero-order chi connectivity index (χ0) is 19.8. The molecule has 0 radical (unpaired) electrons. The molecule has 2 atom stereocenters. The lowest BCUT2D eigenvalue weighted by Crippen LogP contribution is -2.40. The summed E-state index contributed by atoms with van der Waals surface area (Å²) in [4.78, 5) is 0. The maximum absolute atomic E-state index is 14.5. The first-order valence-electron chi connectivity index (χ1n) is 8.72. The molecular weight excluding hydrogens is 365 g/mol. The minimum atomic E-state index is -1.23. The van der Waals surface area contributed by atoms with Crippen molar-refractivity contribution in [2.24, 2.45) is 7.05 Å². The highest BCUT2D eigenvalue weighted by Gasteiger charge is 2.28. The fourth-order valence-corrected chi connectivity index (χ4v) is 3.42. The Morgan fingerprint density at radius 2 is 1.96 bits per heavy atom. The number of halogens is 1. The predicted molar refractivity (Wildman–Crippen MR) is 107 cm³/mol. The van der Waals surface area contributed by atoms with Gasteiger partial charge in [-0.3, -0.25) is 4.68 Å². The van der Waals surface area contributed by atoms with Crippen molar-refractivity contribution in [3.8, 4) is 11.5 Å². The predicted octanol–water partition coefficient (Wildman–Crippen LogP) is 4.62. The Balaban J connectivity index is 1.75. The maximum Gasteiger partial charge on any atom is 0.166 e. The molecule has 0 aliphatic heterocycles. The van der Waals surface area contributed by atoms with Crippen LogP contribution in [0.25, 0.3) is 10.9 Å². The Morgan fingerprint density at radius 1 is 1.22 bits per heavy atom. The Morgan fingerprint density at radius 3 is 2.63 bits per heavy atom. The molecule has 0 amide bonds. The molecule has 3 rings (SSSR count). The summed E-state index contributed by atoms with van der Waals surface area (Å²) in [5.41, 5.74) is 1.69. The third-order valence-corrected chi connectivity index (χ3v) is 5.92. The fourth-order valence-electron chi connectivity index (χ4n) is 2.61. The molecule has 0 aliphatic rings. The van der Waals surface area contributed by atoms with E-state index in [-0.39, 0.29) is 16.5 Å². The second-order valence-corrected chi connectivity index (χ2v) is 9.50. The van der Waals surface area contributed by atoms with Gasteiger partial charge in [0.05, 0.1) is 17.8 Å². The number of aromatic nitrogens is 2. The van der Waals surface area contributed by atoms with Gasteiger partial charge in [-0.05, 0) is 63.6 Å². The van der Waals surface area contributed by atoms with E-state index in [4.69, 9.17) is 4.74 Å². The van der Waals surface area contributed by atoms with Gasteiger partial charge < -0.3 is 9.29 Å². The van der Waals surface area contributed by atoms with Gasteiger partial charge in [0, 0.05) is 23.8 Å². The van der Waals surface area contributed by atoms with Gasteiger partial charge >= 0.3 is 0 Å². The summed E-state index contributed by atoms with van der Waals surface area (Å²) in [5.74, 6) is 0.224. The summed E-state index contributed by atoms with van der Waals surface area (Å²) >= 11 is -1.23. The van der Waals surface area contributed by atoms with E-state index in [9.17, 15) is 8.94 Å². The molecule has 3 aromatic rings. The van der Waals surface area contributed by atoms with Crippen LogP contribution in [0.5, 0.6) is 11.5 Å². The molecule has 5 nitrogen and oxygen atoms in total. The van der Waals surface area contributed by atoms with E-state index < -0.39 is 17.2 Å². The molecule has 0 aliphatic carbocycles. The number of rotatable bonds is 5. The number of nitrogens with zero attached hydrogens (tertiary/aromatic N) is 2. The van der Waals surface area contributed by atoms with Crippen molar-refractivity contribution in [1.82, 2.24) is 14.5 Å². The van der Waals surface area contributed by atoms with Gasteiger partial charge in [0.2, 0.25) is 0 Å². The molecule has 1 heterocycles. The first-order valence-corrected chi connectivity index (χ1v) is 9.87. The largest absolute Gasteiger partial charge is 0.598 e. The summed E-state index contributed by atoms with van der Waals surface area (Å²) in [6.07, 6.45) is 1.74. The summed E-state index contributed by atoms with van der Waals surface area (Å²) in [6.45, 7) is 7.52. The van der Waals surface area contributed by atoms with Gasteiger partial charge in [0.1, 0.15) is 10.5 Å². The number of hydrogen-bond donors (Lipinski definition) is 1. The number of nitrogens with one attached hydrogen (secondary N) is 1. The Bertz CT molecular complexity index is 952. The number of ether oxygens (including phenoxy) is 1. The Kier molecular flexibility index (Phi) is 5.46. The van der Waals surface area contributed by atoms with Gasteiger partial charge in [-0.1, -0.05) is 6.07 Å². The standard InChI is InChI=1S/C20H24FN3O2S/c1-13(23-27(25)20(2,3)4)14-6-9-19(17(21)11-14)26-16-7-8-18-15(10-16)12-22-24(18)5/h6-13,23H,1-5H3/t13-,27?/m0/s1. The number of aryl methyl sites for hydroxylation is 1. The molecule has 0 bridgehead atoms. The first-order chi connectivity index (χ1) is 12.6. The van der Waals surface area contributed by atoms with Crippen molar-refractivity contribution >= 4 is 22.3 Å². The van der Waals surface area contributed by atoms with E-state index in [1.165, 1.54) is 6.07 Å². The molecule has 7 heteroatoms. The Hall–Kier alpha value is -2.09. The van der Waals surface area contributed by atoms with Crippen LogP contribution in [0.15, 0.2) is 42.6 Å². The van der Waals surface area contributed by atoms with Crippen LogP contribution in [0, 0.1) is 5.82 Å². The van der Waals surface area contributed by atoms with Crippen LogP contribution in [0.1, 0.15) is 39.3 Å². The van der Waals surface area contributed by atoms with Crippen molar-refractivity contribution in [2.45, 2.75) is 38.5 Å². The fraction of sp³-hybridized carbons (Fsp3) is 0.350. The van der Waals surface area contributed by atoms with E-state index >= 15 is 0 Å². The van der Waals surface area contributed by atoms with Gasteiger partial charge in [-0.2, -0.15) is 5.10 Å². The van der Waals surface area contributed by atoms with Crippen molar-refractivity contribution in [3.05, 3.63) is 54.0 Å². The summed E-state index contributed by atoms with van der Waals surface area (Å²) in [5, 5.41) is 5.11. The lowest BCUT2D eigenvalue weighted by molar-refractivity contribution is 0.441. The maximum atomic E-state index is 14.5. The lowest BCUT2D eigenvalue weighted by Gasteiger charge is -2.26. The minimum absolute atomic E-state index is 0.145. The van der Waals surface area contributed by atoms with Crippen molar-refractivity contribution in [2.75, 3.05) is 0 Å². The van der Waals surface area contributed by atoms with Crippen LogP contribution in [-0.2, 0) is 18.4 Å². The smallest absolute Gasteiger partial charge is 0.166 e. The molecule has 0 saturated carbocycles. The summed E-state index contributed by atoms with van der Waals surface area (Å²) in [7, 11) is 1.86. The molecule has 1 N–H and O–H groups in total. The second-order valence-electron chi connectivity index (χ2n) is 7.50. The van der Waals surface area contributed by atoms with Gasteiger partial charge in [-0.25, -0.2) is 4.39 Å². The molecule has 27 heavy (non-hydrogen) atoms. The molecule has 1 unspecified atom stereocenters. The average Bonchev–Trinajstić information content (AvgIpc) is 2.96. The van der Waals surface area contributed by atoms with Crippen molar-refractivity contribution in [3.63, 3.8) is 0 Å². The van der Waals surface area contributed by atoms with Crippen LogP contribution < -0.4 is 9.46 Å². The van der Waals surface area contributed by atoms with Crippen LogP contribution in [0.3, 0.4) is 0 Å². The zero-order valence-electron chi connectivity index (χ0n) is 16.1. The van der Waals surface area contributed by atoms with Crippen LogP contribution in [0.4, 0.5) is 4.39 Å². The Labute approximate surface area is 161 Å². The third kappa shape index (κ3) is 4.43. The third-order valence-electron chi connectivity index (χ3n) is 4.24. The van der Waals surface area contributed by atoms with Gasteiger partial charge in [-0.15, -0.1) is 4.72 Å². The van der Waals surface area contributed by atoms with Crippen LogP contribution >= 0.6 is 0 Å². The van der Waals surface area contributed by atoms with Crippen molar-refractivity contribution in [1.29, 1.82) is 0 Å². The van der Waals surface area contributed by atoms with Crippen molar-refractivity contribution < 1.29 is 13.7 Å². The summed E-state index contributed by atoms with van der Waals surface area (Å²) in [6, 6.07) is 10.0.